The van der Waals surface area contributed by atoms with Crippen LogP contribution in [0.3, 0.4) is 0 Å². The zero-order valence-corrected chi connectivity index (χ0v) is 7.71. The van der Waals surface area contributed by atoms with Gasteiger partial charge in [-0.1, -0.05) is 19.6 Å². The van der Waals surface area contributed by atoms with Gasteiger partial charge in [-0.15, -0.1) is 5.54 Å². The van der Waals surface area contributed by atoms with E-state index >= 15 is 0 Å². The van der Waals surface area contributed by atoms with E-state index in [-0.39, 0.29) is 0 Å². The zero-order valence-electron chi connectivity index (χ0n) is 6.71. The summed E-state index contributed by atoms with van der Waals surface area (Å²) in [6.45, 7) is 9.70. The van der Waals surface area contributed by atoms with E-state index in [1.54, 1.807) is 0 Å². The molecule has 0 saturated carbocycles. The standard InChI is InChI=1S/C7H15NSi/c1-5-8-6-7-9(2,3)4/h8H,5H2,1-4H3. The maximum absolute atomic E-state index is 3.20. The van der Waals surface area contributed by atoms with Crippen molar-refractivity contribution in [3.05, 3.63) is 0 Å². The van der Waals surface area contributed by atoms with Gasteiger partial charge in [-0.25, -0.2) is 0 Å². The Morgan fingerprint density at radius 2 is 1.89 bits per heavy atom. The molecule has 0 rings (SSSR count). The number of rotatable bonds is 1. The second-order valence-electron chi connectivity index (χ2n) is 3.03. The molecule has 0 aliphatic rings. The van der Waals surface area contributed by atoms with Crippen molar-refractivity contribution in [3.63, 3.8) is 0 Å². The highest BCUT2D eigenvalue weighted by molar-refractivity contribution is 6.83. The fourth-order valence-electron chi connectivity index (χ4n) is 0.320. The molecule has 52 valence electrons. The molecule has 0 amide bonds. The zero-order chi connectivity index (χ0) is 7.33. The third-order valence-electron chi connectivity index (χ3n) is 0.703. The van der Waals surface area contributed by atoms with Crippen LogP contribution in [0.4, 0.5) is 0 Å². The molecular weight excluding hydrogens is 126 g/mol. The molecule has 0 saturated heterocycles. The van der Waals surface area contributed by atoms with E-state index in [0.29, 0.717) is 0 Å². The van der Waals surface area contributed by atoms with E-state index in [1.165, 1.54) is 0 Å². The summed E-state index contributed by atoms with van der Waals surface area (Å²) in [6, 6.07) is 2.94. The number of hydrogen-bond donors (Lipinski definition) is 1. The van der Waals surface area contributed by atoms with Crippen LogP contribution in [0.15, 0.2) is 0 Å². The lowest BCUT2D eigenvalue weighted by atomic mass is 10.8. The molecule has 0 fully saturated rings. The van der Waals surface area contributed by atoms with Crippen LogP contribution in [-0.2, 0) is 0 Å². The van der Waals surface area contributed by atoms with Gasteiger partial charge in [0.2, 0.25) is 0 Å². The molecule has 0 aromatic rings. The molecule has 0 aliphatic heterocycles. The molecule has 0 spiro atoms. The summed E-state index contributed by atoms with van der Waals surface area (Å²) in [5.41, 5.74) is 3.20. The second kappa shape index (κ2) is 3.57. The monoisotopic (exact) mass is 141 g/mol. The van der Waals surface area contributed by atoms with Crippen LogP contribution < -0.4 is 5.32 Å². The molecule has 0 radical (unpaired) electrons. The molecule has 0 aliphatic carbocycles. The Kier molecular flexibility index (Phi) is 3.41. The third kappa shape index (κ3) is 7.58. The van der Waals surface area contributed by atoms with Crippen LogP contribution in [0.5, 0.6) is 0 Å². The summed E-state index contributed by atoms with van der Waals surface area (Å²) in [5.74, 6) is 0. The molecule has 0 atom stereocenters. The van der Waals surface area contributed by atoms with Gasteiger partial charge in [0.05, 0.1) is 0 Å². The van der Waals surface area contributed by atoms with Crippen molar-refractivity contribution < 1.29 is 0 Å². The third-order valence-corrected chi connectivity index (χ3v) is 1.58. The van der Waals surface area contributed by atoms with Crippen LogP contribution in [-0.4, -0.2) is 14.6 Å². The lowest BCUT2D eigenvalue weighted by Gasteiger charge is -2.02. The first-order chi connectivity index (χ1) is 4.06. The Labute approximate surface area is 58.9 Å². The smallest absolute Gasteiger partial charge is 0.131 e. The Hall–Kier alpha value is -0.423. The van der Waals surface area contributed by atoms with Crippen molar-refractivity contribution in [1.29, 1.82) is 0 Å². The molecular formula is C7H15NSi. The molecule has 9 heavy (non-hydrogen) atoms. The molecule has 0 unspecified atom stereocenters. The van der Waals surface area contributed by atoms with Crippen molar-refractivity contribution in [2.24, 2.45) is 0 Å². The number of nitrogens with one attached hydrogen (secondary N) is 1. The summed E-state index contributed by atoms with van der Waals surface area (Å²) in [5, 5.41) is 2.98. The number of hydrogen-bond acceptors (Lipinski definition) is 1. The van der Waals surface area contributed by atoms with Crippen molar-refractivity contribution in [1.82, 2.24) is 5.32 Å². The van der Waals surface area contributed by atoms with Gasteiger partial charge >= 0.3 is 0 Å². The molecule has 1 nitrogen and oxygen atoms in total. The van der Waals surface area contributed by atoms with E-state index < -0.39 is 8.07 Å². The lowest BCUT2D eigenvalue weighted by molar-refractivity contribution is 0.953. The first kappa shape index (κ1) is 8.58. The lowest BCUT2D eigenvalue weighted by Crippen LogP contribution is -2.18. The van der Waals surface area contributed by atoms with E-state index in [9.17, 15) is 0 Å². The summed E-state index contributed by atoms with van der Waals surface area (Å²) >= 11 is 0. The fourth-order valence-corrected chi connectivity index (χ4v) is 0.783. The summed E-state index contributed by atoms with van der Waals surface area (Å²) < 4.78 is 0. The average Bonchev–Trinajstić information content (AvgIpc) is 1.63. The average molecular weight is 141 g/mol. The van der Waals surface area contributed by atoms with Crippen LogP contribution in [0.25, 0.3) is 0 Å². The first-order valence-electron chi connectivity index (χ1n) is 3.31. The molecule has 0 aromatic heterocycles. The largest absolute Gasteiger partial charge is 0.347 e. The highest BCUT2D eigenvalue weighted by Gasteiger charge is 2.06. The van der Waals surface area contributed by atoms with Crippen molar-refractivity contribution >= 4 is 8.07 Å². The van der Waals surface area contributed by atoms with Crippen molar-refractivity contribution in [2.75, 3.05) is 6.54 Å². The maximum atomic E-state index is 3.20. The first-order valence-corrected chi connectivity index (χ1v) is 6.81. The normalized spacial score (nSPS) is 9.78. The quantitative estimate of drug-likeness (QED) is 0.331. The predicted octanol–water partition coefficient (Wildman–Crippen LogP) is 1.43. The highest BCUT2D eigenvalue weighted by atomic mass is 28.3. The Morgan fingerprint density at radius 1 is 1.33 bits per heavy atom. The van der Waals surface area contributed by atoms with Crippen LogP contribution in [0, 0.1) is 11.6 Å². The van der Waals surface area contributed by atoms with E-state index in [4.69, 9.17) is 0 Å². The fraction of sp³-hybridized carbons (Fsp3) is 0.714. The van der Waals surface area contributed by atoms with E-state index in [1.807, 2.05) is 0 Å². The summed E-state index contributed by atoms with van der Waals surface area (Å²) in [7, 11) is -1.12. The van der Waals surface area contributed by atoms with Gasteiger partial charge in [0, 0.05) is 6.54 Å². The summed E-state index contributed by atoms with van der Waals surface area (Å²) in [6.07, 6.45) is 0. The van der Waals surface area contributed by atoms with Gasteiger partial charge in [-0.3, -0.25) is 0 Å². The van der Waals surface area contributed by atoms with Gasteiger partial charge in [0.15, 0.2) is 0 Å². The second-order valence-corrected chi connectivity index (χ2v) is 7.78. The van der Waals surface area contributed by atoms with E-state index in [2.05, 4.69) is 43.5 Å². The Balaban J connectivity index is 3.59. The minimum Gasteiger partial charge on any atom is -0.347 e. The predicted molar refractivity (Wildman–Crippen MR) is 44.8 cm³/mol. The molecule has 2 heteroatoms. The summed E-state index contributed by atoms with van der Waals surface area (Å²) in [4.78, 5) is 0. The molecule has 1 N–H and O–H groups in total. The van der Waals surface area contributed by atoms with Gasteiger partial charge in [-0.2, -0.15) is 0 Å². The highest BCUT2D eigenvalue weighted by Crippen LogP contribution is 1.94. The van der Waals surface area contributed by atoms with Gasteiger partial charge in [0.1, 0.15) is 8.07 Å². The Morgan fingerprint density at radius 3 is 2.22 bits per heavy atom. The van der Waals surface area contributed by atoms with E-state index in [0.717, 1.165) is 6.54 Å². The Bertz CT molecular complexity index is 124. The molecule has 0 heterocycles. The topological polar surface area (TPSA) is 12.0 Å². The van der Waals surface area contributed by atoms with Crippen LogP contribution in [0.2, 0.25) is 19.6 Å². The van der Waals surface area contributed by atoms with Crippen LogP contribution in [0.1, 0.15) is 6.92 Å². The minimum absolute atomic E-state index is 0.942. The van der Waals surface area contributed by atoms with Gasteiger partial charge in [0.25, 0.3) is 0 Å². The van der Waals surface area contributed by atoms with Crippen LogP contribution >= 0.6 is 0 Å². The SMILES string of the molecule is CCNC#C[Si](C)(C)C. The molecule has 0 aromatic carbocycles. The van der Waals surface area contributed by atoms with Gasteiger partial charge < -0.3 is 5.32 Å². The van der Waals surface area contributed by atoms with Crippen molar-refractivity contribution in [3.8, 4) is 11.6 Å². The maximum Gasteiger partial charge on any atom is 0.131 e. The van der Waals surface area contributed by atoms with Gasteiger partial charge in [-0.05, 0) is 13.0 Å². The molecule has 0 bridgehead atoms. The van der Waals surface area contributed by atoms with Crippen molar-refractivity contribution in [2.45, 2.75) is 26.6 Å². The minimum atomic E-state index is -1.12.